The lowest BCUT2D eigenvalue weighted by Gasteiger charge is -2.75. The Morgan fingerprint density at radius 3 is 2.39 bits per heavy atom. The van der Waals surface area contributed by atoms with E-state index in [1.807, 2.05) is 0 Å². The van der Waals surface area contributed by atoms with Gasteiger partial charge in [0.2, 0.25) is 0 Å². The molecule has 0 spiro atoms. The Hall–Kier alpha value is -1.62. The van der Waals surface area contributed by atoms with E-state index in [1.165, 1.54) is 6.07 Å². The molecule has 2 heterocycles. The fraction of sp³-hybridized carbons (Fsp3) is 0.636. The van der Waals surface area contributed by atoms with Crippen molar-refractivity contribution in [1.82, 2.24) is 15.3 Å². The molecule has 1 atom stereocenters. The molecule has 28 heavy (non-hydrogen) atoms. The number of carbonyl (C=O) groups is 1. The Balaban J connectivity index is 1.62. The maximum absolute atomic E-state index is 14.4. The Kier molecular flexibility index (Phi) is 4.02. The first-order valence-corrected chi connectivity index (χ1v) is 10.3. The molecular weight excluding hydrogens is 377 g/mol. The third-order valence-corrected chi connectivity index (χ3v) is 8.21. The van der Waals surface area contributed by atoms with Crippen molar-refractivity contribution in [2.45, 2.75) is 60.9 Å². The van der Waals surface area contributed by atoms with Crippen molar-refractivity contribution in [3.63, 3.8) is 0 Å². The first-order valence-electron chi connectivity index (χ1n) is 9.94. The maximum Gasteiger partial charge on any atom is 0.268 e. The second kappa shape index (κ2) is 5.71. The molecule has 3 saturated carbocycles. The number of nitrogens with zero attached hydrogens (tertiary/aromatic N) is 1. The van der Waals surface area contributed by atoms with Crippen molar-refractivity contribution in [1.29, 1.82) is 0 Å². The monoisotopic (exact) mass is 405 g/mol. The van der Waals surface area contributed by atoms with Gasteiger partial charge >= 0.3 is 0 Å². The Morgan fingerprint density at radius 2 is 1.82 bits per heavy atom. The van der Waals surface area contributed by atoms with Crippen LogP contribution in [0.4, 0.5) is 4.39 Å². The summed E-state index contributed by atoms with van der Waals surface area (Å²) in [6.45, 7) is 15.6. The van der Waals surface area contributed by atoms with Crippen molar-refractivity contribution in [3.05, 3.63) is 28.3 Å². The highest BCUT2D eigenvalue weighted by molar-refractivity contribution is 6.32. The molecular formula is C22H29ClFN3O. The zero-order valence-electron chi connectivity index (χ0n) is 17.6. The van der Waals surface area contributed by atoms with Crippen LogP contribution in [0.5, 0.6) is 0 Å². The van der Waals surface area contributed by atoms with Crippen LogP contribution in [0.25, 0.3) is 11.0 Å². The van der Waals surface area contributed by atoms with Gasteiger partial charge in [-0.1, -0.05) is 53.1 Å². The lowest BCUT2D eigenvalue weighted by molar-refractivity contribution is -0.260. The van der Waals surface area contributed by atoms with Crippen LogP contribution >= 0.6 is 11.6 Å². The molecule has 1 amide bonds. The average Bonchev–Trinajstić information content (AvgIpc) is 2.97. The summed E-state index contributed by atoms with van der Waals surface area (Å²) < 4.78 is 14.4. The topological polar surface area (TPSA) is 57.8 Å². The second-order valence-electron chi connectivity index (χ2n) is 10.5. The molecule has 2 aromatic rings. The van der Waals surface area contributed by atoms with Gasteiger partial charge in [0.15, 0.2) is 5.82 Å². The van der Waals surface area contributed by atoms with Crippen LogP contribution in [0.2, 0.25) is 5.02 Å². The summed E-state index contributed by atoms with van der Waals surface area (Å²) in [5.41, 5.74) is 1.58. The minimum atomic E-state index is -0.540. The van der Waals surface area contributed by atoms with Crippen LogP contribution in [0, 0.1) is 40.8 Å². The van der Waals surface area contributed by atoms with Gasteiger partial charge in [-0.3, -0.25) is 4.79 Å². The smallest absolute Gasteiger partial charge is 0.268 e. The average molecular weight is 406 g/mol. The molecule has 3 fully saturated rings. The number of amides is 1. The van der Waals surface area contributed by atoms with E-state index in [9.17, 15) is 9.18 Å². The molecule has 2 N–H and O–H groups in total. The summed E-state index contributed by atoms with van der Waals surface area (Å²) in [7, 11) is 0. The fourth-order valence-electron chi connectivity index (χ4n) is 7.29. The van der Waals surface area contributed by atoms with Crippen molar-refractivity contribution in [3.8, 4) is 0 Å². The van der Waals surface area contributed by atoms with Gasteiger partial charge in [0.1, 0.15) is 11.3 Å². The van der Waals surface area contributed by atoms with Crippen LogP contribution in [0.1, 0.15) is 64.1 Å². The summed E-state index contributed by atoms with van der Waals surface area (Å²) >= 11 is 5.96. The number of aromatic nitrogens is 2. The fourth-order valence-corrected chi connectivity index (χ4v) is 7.43. The quantitative estimate of drug-likeness (QED) is 0.693. The largest absolute Gasteiger partial charge is 0.347 e. The minimum absolute atomic E-state index is 0.00331. The van der Waals surface area contributed by atoms with Crippen LogP contribution in [0.3, 0.4) is 0 Å². The first-order chi connectivity index (χ1) is 12.8. The van der Waals surface area contributed by atoms with Crippen LogP contribution in [-0.2, 0) is 0 Å². The number of aromatic amines is 1. The van der Waals surface area contributed by atoms with Gasteiger partial charge in [-0.2, -0.15) is 0 Å². The third-order valence-electron chi connectivity index (χ3n) is 7.77. The van der Waals surface area contributed by atoms with Gasteiger partial charge in [-0.15, -0.1) is 0 Å². The summed E-state index contributed by atoms with van der Waals surface area (Å²) in [4.78, 5) is 20.2. The predicted octanol–water partition coefficient (Wildman–Crippen LogP) is 5.49. The standard InChI is InChI=1S/C22H29ClFN3O/c1-10-15(23)16(24)11-8-12(26-17(11)25-10)18(28)27-14-9-13-20(2,3)19(21(13,4)5)22(14,6)7/h8,13-14,19H,9H2,1-7H3,(H,25,26)(H,27,28)/t13?,14-,19?/m0/s1. The number of carbonyl (C=O) groups excluding carboxylic acids is 1. The van der Waals surface area contributed by atoms with Gasteiger partial charge in [0.25, 0.3) is 5.91 Å². The molecule has 2 aromatic heterocycles. The van der Waals surface area contributed by atoms with Crippen molar-refractivity contribution in [2.24, 2.45) is 28.1 Å². The van der Waals surface area contributed by atoms with Gasteiger partial charge in [0, 0.05) is 6.04 Å². The number of halogens is 2. The molecule has 0 aromatic carbocycles. The van der Waals surface area contributed by atoms with Gasteiger partial charge < -0.3 is 10.3 Å². The first kappa shape index (κ1) is 19.7. The molecule has 3 aliphatic carbocycles. The summed E-state index contributed by atoms with van der Waals surface area (Å²) in [5.74, 6) is 0.315. The molecule has 0 saturated heterocycles. The summed E-state index contributed by atoms with van der Waals surface area (Å²) in [6, 6.07) is 1.58. The van der Waals surface area contributed by atoms with Crippen molar-refractivity contribution in [2.75, 3.05) is 0 Å². The molecule has 4 nitrogen and oxygen atoms in total. The van der Waals surface area contributed by atoms with E-state index in [4.69, 9.17) is 11.6 Å². The summed E-state index contributed by atoms with van der Waals surface area (Å²) in [6.07, 6.45) is 0.951. The normalized spacial score (nSPS) is 29.4. The molecule has 5 rings (SSSR count). The summed E-state index contributed by atoms with van der Waals surface area (Å²) in [5, 5.41) is 3.46. The number of hydrogen-bond donors (Lipinski definition) is 2. The molecule has 6 heteroatoms. The SMILES string of the molecule is Cc1nc2[nH]c(C(=O)N[C@H]3CC4C(C)(C)C(C4(C)C)C3(C)C)cc2c(F)c1Cl. The van der Waals surface area contributed by atoms with E-state index in [0.29, 0.717) is 28.9 Å². The number of aryl methyl sites for hydroxylation is 1. The van der Waals surface area contributed by atoms with Crippen LogP contribution < -0.4 is 5.32 Å². The highest BCUT2D eigenvalue weighted by Crippen LogP contribution is 2.74. The Morgan fingerprint density at radius 1 is 1.21 bits per heavy atom. The minimum Gasteiger partial charge on any atom is -0.347 e. The zero-order valence-corrected chi connectivity index (χ0v) is 18.4. The van der Waals surface area contributed by atoms with Crippen LogP contribution in [0.15, 0.2) is 6.07 Å². The number of nitrogens with one attached hydrogen (secondary N) is 2. The van der Waals surface area contributed by atoms with E-state index in [0.717, 1.165) is 6.42 Å². The Bertz CT molecular complexity index is 975. The molecule has 152 valence electrons. The van der Waals surface area contributed by atoms with Gasteiger partial charge in [-0.25, -0.2) is 9.37 Å². The van der Waals surface area contributed by atoms with Crippen molar-refractivity contribution < 1.29 is 9.18 Å². The third kappa shape index (κ3) is 2.41. The number of rotatable bonds is 2. The molecule has 0 aliphatic heterocycles. The van der Waals surface area contributed by atoms with Crippen molar-refractivity contribution >= 4 is 28.5 Å². The van der Waals surface area contributed by atoms with E-state index in [1.54, 1.807) is 6.92 Å². The number of pyridine rings is 1. The number of H-pyrrole nitrogens is 1. The molecule has 3 aliphatic rings. The highest BCUT2D eigenvalue weighted by atomic mass is 35.5. The van der Waals surface area contributed by atoms with E-state index < -0.39 is 5.82 Å². The van der Waals surface area contributed by atoms with E-state index in [-0.39, 0.29) is 38.6 Å². The van der Waals surface area contributed by atoms with E-state index >= 15 is 0 Å². The highest BCUT2D eigenvalue weighted by Gasteiger charge is 2.70. The van der Waals surface area contributed by atoms with Crippen LogP contribution in [-0.4, -0.2) is 21.9 Å². The zero-order chi connectivity index (χ0) is 20.8. The Labute approximate surface area is 170 Å². The van der Waals surface area contributed by atoms with E-state index in [2.05, 4.69) is 56.8 Å². The molecule has 2 bridgehead atoms. The van der Waals surface area contributed by atoms with Gasteiger partial charge in [0.05, 0.1) is 16.1 Å². The molecule has 0 radical (unpaired) electrons. The molecule has 0 unspecified atom stereocenters. The number of fused-ring (bicyclic) bond motifs is 3. The lowest BCUT2D eigenvalue weighted by Crippen LogP contribution is -2.73. The number of hydrogen-bond acceptors (Lipinski definition) is 2. The van der Waals surface area contributed by atoms with Gasteiger partial charge in [-0.05, 0) is 47.5 Å². The second-order valence-corrected chi connectivity index (χ2v) is 10.9. The predicted molar refractivity (Wildman–Crippen MR) is 110 cm³/mol. The maximum atomic E-state index is 14.4. The lowest BCUT2D eigenvalue weighted by atomic mass is 9.30.